The lowest BCUT2D eigenvalue weighted by Crippen LogP contribution is -2.40. The summed E-state index contributed by atoms with van der Waals surface area (Å²) in [6.07, 6.45) is 1.56. The Hall–Kier alpha value is -3.71. The molecular weight excluding hydrogens is 318 g/mol. The van der Waals surface area contributed by atoms with Crippen LogP contribution in [-0.4, -0.2) is 35.8 Å². The number of carbonyl (C=O) groups excluding carboxylic acids is 2. The standard InChI is InChI=1S/C18H13N5O2/c19-8-12-3-1-4-13(7-12)18(25)22-15-10-23(11-16(15)24)17-14(9-20)5-2-6-21-17/h1-7,15H,10-11H2,(H,22,25). The molecule has 122 valence electrons. The molecule has 7 heteroatoms. The van der Waals surface area contributed by atoms with Gasteiger partial charge in [0.2, 0.25) is 0 Å². The maximum Gasteiger partial charge on any atom is 0.251 e. The molecule has 1 fully saturated rings. The molecule has 0 spiro atoms. The van der Waals surface area contributed by atoms with E-state index < -0.39 is 11.9 Å². The van der Waals surface area contributed by atoms with Crippen molar-refractivity contribution in [3.8, 4) is 12.1 Å². The lowest BCUT2D eigenvalue weighted by molar-refractivity contribution is -0.117. The lowest BCUT2D eigenvalue weighted by atomic mass is 10.1. The number of nitrogens with zero attached hydrogens (tertiary/aromatic N) is 4. The zero-order valence-electron chi connectivity index (χ0n) is 13.1. The minimum Gasteiger partial charge on any atom is -0.346 e. The topological polar surface area (TPSA) is 110 Å². The number of rotatable bonds is 3. The summed E-state index contributed by atoms with van der Waals surface area (Å²) >= 11 is 0. The smallest absolute Gasteiger partial charge is 0.251 e. The minimum absolute atomic E-state index is 0.0782. The highest BCUT2D eigenvalue weighted by Crippen LogP contribution is 2.20. The first-order valence-electron chi connectivity index (χ1n) is 7.56. The van der Waals surface area contributed by atoms with Crippen LogP contribution in [0.2, 0.25) is 0 Å². The van der Waals surface area contributed by atoms with Crippen LogP contribution in [0.1, 0.15) is 21.5 Å². The Balaban J connectivity index is 1.74. The average Bonchev–Trinajstić information content (AvgIpc) is 3.02. The van der Waals surface area contributed by atoms with Gasteiger partial charge in [-0.2, -0.15) is 10.5 Å². The Bertz CT molecular complexity index is 926. The summed E-state index contributed by atoms with van der Waals surface area (Å²) in [5, 5.41) is 20.7. The fraction of sp³-hybridized carbons (Fsp3) is 0.167. The molecule has 1 aliphatic heterocycles. The van der Waals surface area contributed by atoms with Crippen LogP contribution in [0, 0.1) is 22.7 Å². The van der Waals surface area contributed by atoms with Crippen molar-refractivity contribution >= 4 is 17.5 Å². The van der Waals surface area contributed by atoms with Crippen molar-refractivity contribution in [1.29, 1.82) is 10.5 Å². The highest BCUT2D eigenvalue weighted by molar-refractivity contribution is 6.00. The summed E-state index contributed by atoms with van der Waals surface area (Å²) in [4.78, 5) is 30.4. The van der Waals surface area contributed by atoms with E-state index in [1.54, 1.807) is 41.4 Å². The fourth-order valence-corrected chi connectivity index (χ4v) is 2.68. The zero-order chi connectivity index (χ0) is 17.8. The first-order valence-corrected chi connectivity index (χ1v) is 7.56. The van der Waals surface area contributed by atoms with Crippen molar-refractivity contribution in [3.05, 3.63) is 59.3 Å². The van der Waals surface area contributed by atoms with Crippen molar-refractivity contribution < 1.29 is 9.59 Å². The van der Waals surface area contributed by atoms with Gasteiger partial charge in [-0.1, -0.05) is 6.07 Å². The molecule has 0 radical (unpaired) electrons. The molecule has 1 atom stereocenters. The summed E-state index contributed by atoms with van der Waals surface area (Å²) in [5.41, 5.74) is 1.07. The summed E-state index contributed by atoms with van der Waals surface area (Å²) < 4.78 is 0. The number of benzene rings is 1. The van der Waals surface area contributed by atoms with Crippen molar-refractivity contribution in [2.75, 3.05) is 18.0 Å². The van der Waals surface area contributed by atoms with E-state index in [1.165, 1.54) is 6.07 Å². The van der Waals surface area contributed by atoms with Gasteiger partial charge in [0.15, 0.2) is 5.78 Å². The molecule has 1 amide bonds. The van der Waals surface area contributed by atoms with Crippen molar-refractivity contribution in [2.45, 2.75) is 6.04 Å². The maximum absolute atomic E-state index is 12.3. The molecule has 0 saturated carbocycles. The van der Waals surface area contributed by atoms with E-state index >= 15 is 0 Å². The van der Waals surface area contributed by atoms with Gasteiger partial charge in [-0.3, -0.25) is 9.59 Å². The number of anilines is 1. The van der Waals surface area contributed by atoms with Gasteiger partial charge in [0.05, 0.1) is 23.7 Å². The van der Waals surface area contributed by atoms with E-state index in [4.69, 9.17) is 10.5 Å². The molecule has 25 heavy (non-hydrogen) atoms. The fourth-order valence-electron chi connectivity index (χ4n) is 2.68. The zero-order valence-corrected chi connectivity index (χ0v) is 13.1. The molecule has 1 N–H and O–H groups in total. The van der Waals surface area contributed by atoms with Crippen molar-refractivity contribution in [3.63, 3.8) is 0 Å². The predicted molar refractivity (Wildman–Crippen MR) is 88.6 cm³/mol. The number of carbonyl (C=O) groups is 2. The predicted octanol–water partition coefficient (Wildman–Crippen LogP) is 1.01. The third-order valence-corrected chi connectivity index (χ3v) is 3.90. The number of Topliss-reactive ketones (excluding diaryl/α,β-unsaturated/α-hetero) is 1. The van der Waals surface area contributed by atoms with Crippen LogP contribution in [0.15, 0.2) is 42.6 Å². The van der Waals surface area contributed by atoms with Gasteiger partial charge in [-0.05, 0) is 30.3 Å². The molecule has 1 saturated heterocycles. The third-order valence-electron chi connectivity index (χ3n) is 3.90. The van der Waals surface area contributed by atoms with Crippen LogP contribution in [0.5, 0.6) is 0 Å². The molecule has 1 aromatic heterocycles. The SMILES string of the molecule is N#Cc1cccc(C(=O)NC2CN(c3ncccc3C#N)CC2=O)c1. The summed E-state index contributed by atoms with van der Waals surface area (Å²) in [5.74, 6) is -0.139. The molecular formula is C18H13N5O2. The summed E-state index contributed by atoms with van der Waals surface area (Å²) in [7, 11) is 0. The Labute approximate surface area is 144 Å². The first kappa shape index (κ1) is 16.2. The molecule has 0 bridgehead atoms. The second kappa shape index (κ2) is 6.81. The largest absolute Gasteiger partial charge is 0.346 e. The molecule has 1 unspecified atom stereocenters. The van der Waals surface area contributed by atoms with E-state index in [1.807, 2.05) is 12.1 Å². The highest BCUT2D eigenvalue weighted by atomic mass is 16.2. The first-order chi connectivity index (χ1) is 12.1. The van der Waals surface area contributed by atoms with Gasteiger partial charge in [0.1, 0.15) is 17.9 Å². The molecule has 2 heterocycles. The summed E-state index contributed by atoms with van der Waals surface area (Å²) in [6, 6.07) is 12.9. The molecule has 1 aliphatic rings. The average molecular weight is 331 g/mol. The number of amides is 1. The van der Waals surface area contributed by atoms with Gasteiger partial charge >= 0.3 is 0 Å². The molecule has 3 rings (SSSR count). The quantitative estimate of drug-likeness (QED) is 0.899. The number of aromatic nitrogens is 1. The van der Waals surface area contributed by atoms with Crippen LogP contribution in [0.25, 0.3) is 0 Å². The molecule has 0 aliphatic carbocycles. The summed E-state index contributed by atoms with van der Waals surface area (Å²) in [6.45, 7) is 0.323. The maximum atomic E-state index is 12.3. The number of ketones is 1. The molecule has 7 nitrogen and oxygen atoms in total. The van der Waals surface area contributed by atoms with E-state index in [0.29, 0.717) is 22.5 Å². The van der Waals surface area contributed by atoms with Gasteiger partial charge in [-0.25, -0.2) is 4.98 Å². The lowest BCUT2D eigenvalue weighted by Gasteiger charge is -2.17. The third kappa shape index (κ3) is 3.31. The van der Waals surface area contributed by atoms with Crippen LogP contribution in [0.4, 0.5) is 5.82 Å². The number of hydrogen-bond acceptors (Lipinski definition) is 6. The monoisotopic (exact) mass is 331 g/mol. The Morgan fingerprint density at radius 3 is 2.84 bits per heavy atom. The van der Waals surface area contributed by atoms with Crippen molar-refractivity contribution in [2.24, 2.45) is 0 Å². The highest BCUT2D eigenvalue weighted by Gasteiger charge is 2.33. The van der Waals surface area contributed by atoms with Crippen LogP contribution in [-0.2, 0) is 4.79 Å². The van der Waals surface area contributed by atoms with Gasteiger partial charge in [0.25, 0.3) is 5.91 Å². The number of nitriles is 2. The van der Waals surface area contributed by atoms with Crippen LogP contribution < -0.4 is 10.2 Å². The van der Waals surface area contributed by atoms with Gasteiger partial charge in [-0.15, -0.1) is 0 Å². The molecule has 1 aromatic carbocycles. The Morgan fingerprint density at radius 1 is 1.24 bits per heavy atom. The Morgan fingerprint density at radius 2 is 2.08 bits per heavy atom. The number of hydrogen-bond donors (Lipinski definition) is 1. The normalized spacial score (nSPS) is 16.2. The second-order valence-corrected chi connectivity index (χ2v) is 5.55. The van der Waals surface area contributed by atoms with E-state index in [0.717, 1.165) is 0 Å². The minimum atomic E-state index is -0.688. The van der Waals surface area contributed by atoms with Crippen molar-refractivity contribution in [1.82, 2.24) is 10.3 Å². The van der Waals surface area contributed by atoms with E-state index in [2.05, 4.69) is 10.3 Å². The van der Waals surface area contributed by atoms with E-state index in [-0.39, 0.29) is 18.9 Å². The van der Waals surface area contributed by atoms with Gasteiger partial charge in [0, 0.05) is 18.3 Å². The molecule has 2 aromatic rings. The number of pyridine rings is 1. The van der Waals surface area contributed by atoms with E-state index in [9.17, 15) is 9.59 Å². The van der Waals surface area contributed by atoms with Gasteiger partial charge < -0.3 is 10.2 Å². The van der Waals surface area contributed by atoms with Crippen LogP contribution >= 0.6 is 0 Å². The van der Waals surface area contributed by atoms with Crippen LogP contribution in [0.3, 0.4) is 0 Å². The number of nitrogens with one attached hydrogen (secondary N) is 1. The Kier molecular flexibility index (Phi) is 4.40. The second-order valence-electron chi connectivity index (χ2n) is 5.55.